The predicted octanol–water partition coefficient (Wildman–Crippen LogP) is 6.42. The Bertz CT molecular complexity index is 1500. The zero-order valence-electron chi connectivity index (χ0n) is 27.1. The summed E-state index contributed by atoms with van der Waals surface area (Å²) in [6.07, 6.45) is 5.45. The van der Waals surface area contributed by atoms with E-state index in [1.54, 1.807) is 69.1 Å². The van der Waals surface area contributed by atoms with Gasteiger partial charge in [-0.25, -0.2) is 9.59 Å². The van der Waals surface area contributed by atoms with E-state index in [1.807, 2.05) is 36.4 Å². The van der Waals surface area contributed by atoms with Crippen LogP contribution >= 0.6 is 0 Å². The van der Waals surface area contributed by atoms with Crippen molar-refractivity contribution in [1.29, 1.82) is 0 Å². The topological polar surface area (TPSA) is 117 Å². The minimum absolute atomic E-state index is 0.212. The van der Waals surface area contributed by atoms with Crippen molar-refractivity contribution in [1.82, 2.24) is 5.32 Å². The predicted molar refractivity (Wildman–Crippen MR) is 179 cm³/mol. The van der Waals surface area contributed by atoms with Crippen molar-refractivity contribution in [2.75, 3.05) is 41.9 Å². The second-order valence-corrected chi connectivity index (χ2v) is 12.4. The molecule has 0 radical (unpaired) electrons. The summed E-state index contributed by atoms with van der Waals surface area (Å²) >= 11 is 0. The average Bonchev–Trinajstić information content (AvgIpc) is 3.56. The minimum Gasteiger partial charge on any atom is -0.482 e. The molecule has 2 N–H and O–H groups in total. The number of urea groups is 1. The van der Waals surface area contributed by atoms with Crippen LogP contribution in [0.1, 0.15) is 63.2 Å². The molecule has 0 atom stereocenters. The molecule has 0 saturated heterocycles. The van der Waals surface area contributed by atoms with E-state index in [2.05, 4.69) is 10.6 Å². The molecule has 10 heteroatoms. The van der Waals surface area contributed by atoms with Crippen molar-refractivity contribution in [2.24, 2.45) is 5.92 Å². The van der Waals surface area contributed by atoms with Gasteiger partial charge in [0.1, 0.15) is 11.4 Å². The van der Waals surface area contributed by atoms with E-state index in [4.69, 9.17) is 9.47 Å². The van der Waals surface area contributed by atoms with Crippen LogP contribution in [0.3, 0.4) is 0 Å². The first-order valence-electron chi connectivity index (χ1n) is 15.7. The molecule has 0 aromatic heterocycles. The molecule has 1 saturated carbocycles. The second kappa shape index (κ2) is 15.9. The number of nitrogens with zero attached hydrogens (tertiary/aromatic N) is 2. The number of ether oxygens (including phenoxy) is 2. The van der Waals surface area contributed by atoms with Crippen molar-refractivity contribution < 1.29 is 28.7 Å². The van der Waals surface area contributed by atoms with Gasteiger partial charge in [-0.2, -0.15) is 0 Å². The number of carbonyl (C=O) groups is 4. The first-order chi connectivity index (χ1) is 22.0. The Kier molecular flexibility index (Phi) is 11.8. The SMILES string of the molecule is CN(C(=O)COc1ccccc1N(CCC1CCCC1)C(=O)CNC(=O)Nc1cccc(C(=O)OC(C)(C)C)c1)c1ccccc1. The highest BCUT2D eigenvalue weighted by Gasteiger charge is 2.24. The summed E-state index contributed by atoms with van der Waals surface area (Å²) in [6, 6.07) is 22.2. The van der Waals surface area contributed by atoms with Crippen molar-refractivity contribution >= 4 is 40.9 Å². The largest absolute Gasteiger partial charge is 0.482 e. The van der Waals surface area contributed by atoms with E-state index in [0.29, 0.717) is 35.2 Å². The number of likely N-dealkylation sites (N-methyl/N-ethyl adjacent to an activating group) is 1. The lowest BCUT2D eigenvalue weighted by atomic mass is 10.0. The van der Waals surface area contributed by atoms with Crippen LogP contribution < -0.4 is 25.2 Å². The van der Waals surface area contributed by atoms with Gasteiger partial charge < -0.3 is 29.9 Å². The Morgan fingerprint density at radius 2 is 1.57 bits per heavy atom. The van der Waals surface area contributed by atoms with Crippen molar-refractivity contribution in [2.45, 2.75) is 58.5 Å². The number of hydrogen-bond donors (Lipinski definition) is 2. The molecule has 0 bridgehead atoms. The van der Waals surface area contributed by atoms with E-state index in [1.165, 1.54) is 23.8 Å². The molecule has 244 valence electrons. The zero-order chi connectivity index (χ0) is 33.1. The highest BCUT2D eigenvalue weighted by atomic mass is 16.6. The molecule has 1 aliphatic rings. The third kappa shape index (κ3) is 10.1. The van der Waals surface area contributed by atoms with E-state index < -0.39 is 17.6 Å². The van der Waals surface area contributed by atoms with Gasteiger partial charge in [-0.05, 0) is 75.6 Å². The molecule has 0 heterocycles. The fourth-order valence-corrected chi connectivity index (χ4v) is 5.31. The number of para-hydroxylation sites is 3. The van der Waals surface area contributed by atoms with Crippen LogP contribution in [0, 0.1) is 5.92 Å². The van der Waals surface area contributed by atoms with Crippen molar-refractivity contribution in [3.8, 4) is 5.75 Å². The molecule has 4 amide bonds. The van der Waals surface area contributed by atoms with Gasteiger partial charge in [-0.3, -0.25) is 9.59 Å². The van der Waals surface area contributed by atoms with Gasteiger partial charge in [0.2, 0.25) is 5.91 Å². The number of nitrogens with one attached hydrogen (secondary N) is 2. The van der Waals surface area contributed by atoms with Gasteiger partial charge in [0, 0.05) is 25.0 Å². The standard InChI is InChI=1S/C36H44N4O6/c1-36(2,3)46-34(43)27-15-12-16-28(23-27)38-35(44)37-24-32(41)40(22-21-26-13-8-9-14-26)30-19-10-11-20-31(30)45-25-33(42)39(4)29-17-6-5-7-18-29/h5-7,10-12,15-20,23,26H,8-9,13-14,21-22,24-25H2,1-4H3,(H2,37,38,44). The van der Waals surface area contributed by atoms with Crippen LogP contribution in [0.4, 0.5) is 21.9 Å². The first-order valence-corrected chi connectivity index (χ1v) is 15.7. The number of anilines is 3. The van der Waals surface area contributed by atoms with Gasteiger partial charge in [0.25, 0.3) is 5.91 Å². The summed E-state index contributed by atoms with van der Waals surface area (Å²) in [5.74, 6) is -0.129. The second-order valence-electron chi connectivity index (χ2n) is 12.4. The van der Waals surface area contributed by atoms with Crippen LogP contribution in [0.2, 0.25) is 0 Å². The molecule has 3 aromatic rings. The molecule has 0 unspecified atom stereocenters. The molecule has 0 spiro atoms. The maximum Gasteiger partial charge on any atom is 0.338 e. The Morgan fingerprint density at radius 1 is 0.870 bits per heavy atom. The number of benzene rings is 3. The van der Waals surface area contributed by atoms with Crippen LogP contribution in [0.5, 0.6) is 5.75 Å². The molecule has 3 aromatic carbocycles. The number of hydrogen-bond acceptors (Lipinski definition) is 6. The lowest BCUT2D eigenvalue weighted by molar-refractivity contribution is -0.120. The summed E-state index contributed by atoms with van der Waals surface area (Å²) in [5.41, 5.74) is 1.31. The highest BCUT2D eigenvalue weighted by Crippen LogP contribution is 2.32. The average molecular weight is 629 g/mol. The molecule has 10 nitrogen and oxygen atoms in total. The quantitative estimate of drug-likeness (QED) is 0.224. The maximum atomic E-state index is 13.7. The summed E-state index contributed by atoms with van der Waals surface area (Å²) in [4.78, 5) is 55.0. The van der Waals surface area contributed by atoms with E-state index >= 15 is 0 Å². The van der Waals surface area contributed by atoms with E-state index in [0.717, 1.165) is 24.9 Å². The minimum atomic E-state index is -0.653. The molecule has 4 rings (SSSR count). The van der Waals surface area contributed by atoms with Crippen molar-refractivity contribution in [3.63, 3.8) is 0 Å². The Balaban J connectivity index is 1.42. The lowest BCUT2D eigenvalue weighted by Gasteiger charge is -2.27. The van der Waals surface area contributed by atoms with E-state index in [9.17, 15) is 19.2 Å². The van der Waals surface area contributed by atoms with Crippen LogP contribution in [0.25, 0.3) is 0 Å². The number of esters is 1. The molecule has 1 fully saturated rings. The van der Waals surface area contributed by atoms with Gasteiger partial charge >= 0.3 is 12.0 Å². The first kappa shape index (κ1) is 34.0. The third-order valence-corrected chi connectivity index (χ3v) is 7.72. The van der Waals surface area contributed by atoms with Gasteiger partial charge in [0.15, 0.2) is 6.61 Å². The van der Waals surface area contributed by atoms with Crippen LogP contribution in [-0.2, 0) is 14.3 Å². The normalized spacial score (nSPS) is 13.0. The number of rotatable bonds is 12. The Hall–Kier alpha value is -4.86. The molecule has 1 aliphatic carbocycles. The van der Waals surface area contributed by atoms with Crippen molar-refractivity contribution in [3.05, 3.63) is 84.4 Å². The summed E-state index contributed by atoms with van der Waals surface area (Å²) in [7, 11) is 1.69. The van der Waals surface area contributed by atoms with Crippen LogP contribution in [-0.4, -0.2) is 56.2 Å². The summed E-state index contributed by atoms with van der Waals surface area (Å²) in [5, 5.41) is 5.32. The Morgan fingerprint density at radius 3 is 2.28 bits per heavy atom. The van der Waals surface area contributed by atoms with Gasteiger partial charge in [-0.1, -0.05) is 62.1 Å². The highest BCUT2D eigenvalue weighted by molar-refractivity contribution is 6.00. The number of carbonyl (C=O) groups excluding carboxylic acids is 4. The lowest BCUT2D eigenvalue weighted by Crippen LogP contribution is -2.42. The third-order valence-electron chi connectivity index (χ3n) is 7.72. The monoisotopic (exact) mass is 628 g/mol. The molecule has 46 heavy (non-hydrogen) atoms. The summed E-state index contributed by atoms with van der Waals surface area (Å²) in [6.45, 7) is 5.31. The Labute approximate surface area is 271 Å². The molecular weight excluding hydrogens is 584 g/mol. The molecule has 0 aliphatic heterocycles. The van der Waals surface area contributed by atoms with Gasteiger partial charge in [0.05, 0.1) is 17.8 Å². The zero-order valence-corrected chi connectivity index (χ0v) is 27.1. The number of amides is 4. The molecular formula is C36H44N4O6. The van der Waals surface area contributed by atoms with Crippen LogP contribution in [0.15, 0.2) is 78.9 Å². The maximum absolute atomic E-state index is 13.7. The summed E-state index contributed by atoms with van der Waals surface area (Å²) < 4.78 is 11.4. The van der Waals surface area contributed by atoms with E-state index in [-0.39, 0.29) is 25.0 Å². The smallest absolute Gasteiger partial charge is 0.338 e. The fourth-order valence-electron chi connectivity index (χ4n) is 5.31. The fraction of sp³-hybridized carbons (Fsp3) is 0.389. The van der Waals surface area contributed by atoms with Gasteiger partial charge in [-0.15, -0.1) is 0 Å².